The standard InChI is InChI=1S/C16H22N2O/c1-12-9-14(10-17)3-4-16(12)11-18-7-5-15(6-8-18)13(2)19/h3-4,9,13,15,19H,5-8,11H2,1-2H3. The Morgan fingerprint density at radius 1 is 1.42 bits per heavy atom. The summed E-state index contributed by atoms with van der Waals surface area (Å²) in [6.45, 7) is 7.01. The molecule has 1 aliphatic rings. The van der Waals surface area contributed by atoms with Crippen LogP contribution in [0.2, 0.25) is 0 Å². The Morgan fingerprint density at radius 2 is 2.11 bits per heavy atom. The molecular formula is C16H22N2O. The number of hydrogen-bond acceptors (Lipinski definition) is 3. The van der Waals surface area contributed by atoms with Crippen LogP contribution in [0, 0.1) is 24.2 Å². The summed E-state index contributed by atoms with van der Waals surface area (Å²) in [7, 11) is 0. The van der Waals surface area contributed by atoms with Crippen LogP contribution >= 0.6 is 0 Å². The molecule has 0 saturated carbocycles. The van der Waals surface area contributed by atoms with E-state index in [2.05, 4.69) is 24.0 Å². The molecule has 1 fully saturated rings. The van der Waals surface area contributed by atoms with Gasteiger partial charge in [0.05, 0.1) is 17.7 Å². The molecule has 19 heavy (non-hydrogen) atoms. The number of nitrogens with zero attached hydrogens (tertiary/aromatic N) is 2. The molecule has 0 spiro atoms. The lowest BCUT2D eigenvalue weighted by Gasteiger charge is -2.33. The predicted octanol–water partition coefficient (Wildman–Crippen LogP) is 2.46. The Morgan fingerprint density at radius 3 is 2.63 bits per heavy atom. The average molecular weight is 258 g/mol. The molecule has 1 aliphatic heterocycles. The monoisotopic (exact) mass is 258 g/mol. The Labute approximate surface area is 115 Å². The molecule has 1 N–H and O–H groups in total. The molecule has 3 nitrogen and oxygen atoms in total. The van der Waals surface area contributed by atoms with Crippen molar-refractivity contribution < 1.29 is 5.11 Å². The first kappa shape index (κ1) is 14.0. The summed E-state index contributed by atoms with van der Waals surface area (Å²) in [5.74, 6) is 0.457. The van der Waals surface area contributed by atoms with Gasteiger partial charge in [-0.2, -0.15) is 5.26 Å². The van der Waals surface area contributed by atoms with Gasteiger partial charge in [-0.3, -0.25) is 4.90 Å². The van der Waals surface area contributed by atoms with Gasteiger partial charge in [0.15, 0.2) is 0 Å². The van der Waals surface area contributed by atoms with Crippen molar-refractivity contribution in [2.45, 2.75) is 39.3 Å². The van der Waals surface area contributed by atoms with Gasteiger partial charge in [0, 0.05) is 6.54 Å². The highest BCUT2D eigenvalue weighted by atomic mass is 16.3. The summed E-state index contributed by atoms with van der Waals surface area (Å²) in [6, 6.07) is 8.09. The highest BCUT2D eigenvalue weighted by Gasteiger charge is 2.22. The van der Waals surface area contributed by atoms with Crippen LogP contribution in [-0.4, -0.2) is 29.2 Å². The van der Waals surface area contributed by atoms with Gasteiger partial charge in [0.2, 0.25) is 0 Å². The third-order valence-electron chi connectivity index (χ3n) is 4.18. The zero-order valence-corrected chi connectivity index (χ0v) is 11.8. The molecule has 1 atom stereocenters. The quantitative estimate of drug-likeness (QED) is 0.906. The summed E-state index contributed by atoms with van der Waals surface area (Å²) in [4.78, 5) is 2.44. The van der Waals surface area contributed by atoms with Crippen molar-refractivity contribution in [3.63, 3.8) is 0 Å². The zero-order chi connectivity index (χ0) is 13.8. The molecule has 102 valence electrons. The first-order chi connectivity index (χ1) is 9.10. The Kier molecular flexibility index (Phi) is 4.57. The first-order valence-corrected chi connectivity index (χ1v) is 7.00. The SMILES string of the molecule is Cc1cc(C#N)ccc1CN1CCC(C(C)O)CC1. The van der Waals surface area contributed by atoms with Crippen molar-refractivity contribution in [3.05, 3.63) is 34.9 Å². The van der Waals surface area contributed by atoms with E-state index in [0.29, 0.717) is 5.92 Å². The van der Waals surface area contributed by atoms with Gasteiger partial charge in [-0.25, -0.2) is 0 Å². The molecule has 1 heterocycles. The second kappa shape index (κ2) is 6.18. The van der Waals surface area contributed by atoms with Crippen molar-refractivity contribution in [1.29, 1.82) is 5.26 Å². The molecule has 1 aromatic rings. The number of aliphatic hydroxyl groups is 1. The van der Waals surface area contributed by atoms with Crippen LogP contribution in [0.3, 0.4) is 0 Å². The summed E-state index contributed by atoms with van der Waals surface area (Å²) in [6.07, 6.45) is 1.97. The van der Waals surface area contributed by atoms with Crippen molar-refractivity contribution in [2.75, 3.05) is 13.1 Å². The van der Waals surface area contributed by atoms with Crippen molar-refractivity contribution in [3.8, 4) is 6.07 Å². The van der Waals surface area contributed by atoms with E-state index in [0.717, 1.165) is 38.0 Å². The number of piperidine rings is 1. The number of benzene rings is 1. The molecule has 0 aromatic heterocycles. The van der Waals surface area contributed by atoms with Gasteiger partial charge >= 0.3 is 0 Å². The van der Waals surface area contributed by atoms with Crippen LogP contribution in [-0.2, 0) is 6.54 Å². The number of aliphatic hydroxyl groups excluding tert-OH is 1. The Bertz CT molecular complexity index is 468. The smallest absolute Gasteiger partial charge is 0.0991 e. The third-order valence-corrected chi connectivity index (χ3v) is 4.18. The maximum absolute atomic E-state index is 9.61. The van der Waals surface area contributed by atoms with Crippen LogP contribution < -0.4 is 0 Å². The van der Waals surface area contributed by atoms with Gasteiger partial charge in [-0.15, -0.1) is 0 Å². The van der Waals surface area contributed by atoms with E-state index in [4.69, 9.17) is 5.26 Å². The van der Waals surface area contributed by atoms with Gasteiger partial charge in [-0.1, -0.05) is 6.07 Å². The lowest BCUT2D eigenvalue weighted by atomic mass is 9.92. The number of hydrogen-bond donors (Lipinski definition) is 1. The molecule has 1 unspecified atom stereocenters. The van der Waals surface area contributed by atoms with E-state index in [1.165, 1.54) is 11.1 Å². The number of likely N-dealkylation sites (tertiary alicyclic amines) is 1. The normalized spacial score (nSPS) is 19.1. The van der Waals surface area contributed by atoms with Crippen molar-refractivity contribution in [2.24, 2.45) is 5.92 Å². The summed E-state index contributed by atoms with van der Waals surface area (Å²) < 4.78 is 0. The molecule has 1 aromatic carbocycles. The molecule has 0 amide bonds. The van der Waals surface area contributed by atoms with E-state index >= 15 is 0 Å². The lowest BCUT2D eigenvalue weighted by molar-refractivity contribution is 0.0695. The largest absolute Gasteiger partial charge is 0.393 e. The fourth-order valence-electron chi connectivity index (χ4n) is 2.78. The molecule has 0 aliphatic carbocycles. The van der Waals surface area contributed by atoms with Crippen LogP contribution in [0.1, 0.15) is 36.5 Å². The number of aryl methyl sites for hydroxylation is 1. The average Bonchev–Trinajstić information content (AvgIpc) is 2.41. The van der Waals surface area contributed by atoms with E-state index < -0.39 is 0 Å². The highest BCUT2D eigenvalue weighted by Crippen LogP contribution is 2.22. The summed E-state index contributed by atoms with van der Waals surface area (Å²) in [5, 5.41) is 18.5. The van der Waals surface area contributed by atoms with Crippen LogP contribution in [0.25, 0.3) is 0 Å². The topological polar surface area (TPSA) is 47.3 Å². The first-order valence-electron chi connectivity index (χ1n) is 7.00. The Hall–Kier alpha value is -1.37. The third kappa shape index (κ3) is 3.56. The Balaban J connectivity index is 1.94. The molecule has 2 rings (SSSR count). The lowest BCUT2D eigenvalue weighted by Crippen LogP contribution is -2.36. The van der Waals surface area contributed by atoms with Crippen molar-refractivity contribution in [1.82, 2.24) is 4.90 Å². The maximum Gasteiger partial charge on any atom is 0.0991 e. The minimum atomic E-state index is -0.182. The number of nitriles is 1. The fourth-order valence-corrected chi connectivity index (χ4v) is 2.78. The molecule has 3 heteroatoms. The summed E-state index contributed by atoms with van der Waals surface area (Å²) >= 11 is 0. The van der Waals surface area contributed by atoms with E-state index in [1.54, 1.807) is 0 Å². The summed E-state index contributed by atoms with van der Waals surface area (Å²) in [5.41, 5.74) is 3.22. The van der Waals surface area contributed by atoms with Crippen LogP contribution in [0.15, 0.2) is 18.2 Å². The van der Waals surface area contributed by atoms with Crippen molar-refractivity contribution >= 4 is 0 Å². The van der Waals surface area contributed by atoms with Gasteiger partial charge < -0.3 is 5.11 Å². The van der Waals surface area contributed by atoms with Gasteiger partial charge in [-0.05, 0) is 69.0 Å². The van der Waals surface area contributed by atoms with Gasteiger partial charge in [0.1, 0.15) is 0 Å². The zero-order valence-electron chi connectivity index (χ0n) is 11.8. The van der Waals surface area contributed by atoms with E-state index in [9.17, 15) is 5.11 Å². The highest BCUT2D eigenvalue weighted by molar-refractivity contribution is 5.37. The number of rotatable bonds is 3. The molecule has 1 saturated heterocycles. The molecular weight excluding hydrogens is 236 g/mol. The molecule has 0 radical (unpaired) electrons. The van der Waals surface area contributed by atoms with E-state index in [1.807, 2.05) is 19.1 Å². The second-order valence-corrected chi connectivity index (χ2v) is 5.61. The minimum absolute atomic E-state index is 0.182. The fraction of sp³-hybridized carbons (Fsp3) is 0.562. The van der Waals surface area contributed by atoms with E-state index in [-0.39, 0.29) is 6.10 Å². The van der Waals surface area contributed by atoms with Crippen LogP contribution in [0.5, 0.6) is 0 Å². The minimum Gasteiger partial charge on any atom is -0.393 e. The van der Waals surface area contributed by atoms with Gasteiger partial charge in [0.25, 0.3) is 0 Å². The predicted molar refractivity (Wildman–Crippen MR) is 75.6 cm³/mol. The second-order valence-electron chi connectivity index (χ2n) is 5.61. The van der Waals surface area contributed by atoms with Crippen LogP contribution in [0.4, 0.5) is 0 Å². The maximum atomic E-state index is 9.61. The molecule has 0 bridgehead atoms.